The molecule has 0 radical (unpaired) electrons. The summed E-state index contributed by atoms with van der Waals surface area (Å²) < 4.78 is 5.29. The number of esters is 1. The molecule has 1 N–H and O–H groups in total. The molecule has 4 rings (SSSR count). The van der Waals surface area contributed by atoms with E-state index in [-0.39, 0.29) is 29.4 Å². The Morgan fingerprint density at radius 1 is 0.943 bits per heavy atom. The average Bonchev–Trinajstić information content (AvgIpc) is 3.14. The molecule has 178 valence electrons. The molecule has 6 heteroatoms. The summed E-state index contributed by atoms with van der Waals surface area (Å²) in [5, 5.41) is 10.9. The Bertz CT molecular complexity index is 1260. The van der Waals surface area contributed by atoms with Gasteiger partial charge in [0.25, 0.3) is 5.91 Å². The topological polar surface area (TPSA) is 83.9 Å². The van der Waals surface area contributed by atoms with Crippen molar-refractivity contribution in [3.05, 3.63) is 113 Å². The Kier molecular flexibility index (Phi) is 7.11. The number of rotatable bonds is 8. The molecular weight excluding hydrogens is 442 g/mol. The van der Waals surface area contributed by atoms with Gasteiger partial charge in [0.1, 0.15) is 0 Å². The van der Waals surface area contributed by atoms with E-state index in [0.29, 0.717) is 17.7 Å². The third kappa shape index (κ3) is 5.17. The number of aliphatic hydroxyl groups is 1. The van der Waals surface area contributed by atoms with Crippen molar-refractivity contribution in [3.8, 4) is 0 Å². The summed E-state index contributed by atoms with van der Waals surface area (Å²) in [7, 11) is 0. The van der Waals surface area contributed by atoms with Gasteiger partial charge in [-0.2, -0.15) is 0 Å². The van der Waals surface area contributed by atoms with E-state index >= 15 is 0 Å². The fourth-order valence-electron chi connectivity index (χ4n) is 4.21. The van der Waals surface area contributed by atoms with Gasteiger partial charge in [-0.3, -0.25) is 14.5 Å². The summed E-state index contributed by atoms with van der Waals surface area (Å²) in [6, 6.07) is 24.3. The van der Waals surface area contributed by atoms with E-state index in [1.54, 1.807) is 38.1 Å². The van der Waals surface area contributed by atoms with Crippen molar-refractivity contribution in [2.24, 2.45) is 0 Å². The fourth-order valence-corrected chi connectivity index (χ4v) is 4.21. The zero-order chi connectivity index (χ0) is 24.9. The quantitative estimate of drug-likeness (QED) is 0.450. The molecule has 3 aromatic rings. The molecule has 0 aliphatic carbocycles. The normalized spacial score (nSPS) is 15.6. The molecule has 1 aliphatic rings. The lowest BCUT2D eigenvalue weighted by Gasteiger charge is -2.27. The Morgan fingerprint density at radius 3 is 2.26 bits per heavy atom. The van der Waals surface area contributed by atoms with Crippen LogP contribution in [0.25, 0.3) is 0 Å². The van der Waals surface area contributed by atoms with Gasteiger partial charge in [-0.05, 0) is 49.6 Å². The highest BCUT2D eigenvalue weighted by molar-refractivity contribution is 6.16. The Morgan fingerprint density at radius 2 is 1.60 bits per heavy atom. The van der Waals surface area contributed by atoms with Gasteiger partial charge in [0.15, 0.2) is 11.5 Å². The average molecular weight is 470 g/mol. The SMILES string of the molecule is CC(C)OC(=O)c1cccc(N2C(=O)C(O)=C(C(=O)CCc3ccccc3)C2c2ccccc2)c1. The maximum atomic E-state index is 13.4. The Labute approximate surface area is 204 Å². The smallest absolute Gasteiger partial charge is 0.338 e. The predicted molar refractivity (Wildman–Crippen MR) is 133 cm³/mol. The van der Waals surface area contributed by atoms with E-state index in [9.17, 15) is 19.5 Å². The second kappa shape index (κ2) is 10.4. The number of Topliss-reactive ketones (excluding diaryl/α,β-unsaturated/α-hetero) is 1. The van der Waals surface area contributed by atoms with E-state index in [0.717, 1.165) is 5.56 Å². The molecule has 1 aliphatic heterocycles. The first-order valence-electron chi connectivity index (χ1n) is 11.6. The number of amides is 1. The lowest BCUT2D eigenvalue weighted by molar-refractivity contribution is -0.118. The molecule has 1 amide bonds. The van der Waals surface area contributed by atoms with Gasteiger partial charge in [-0.1, -0.05) is 66.7 Å². The molecule has 0 fully saturated rings. The zero-order valence-electron chi connectivity index (χ0n) is 19.7. The van der Waals surface area contributed by atoms with Crippen LogP contribution in [-0.2, 0) is 20.7 Å². The minimum atomic E-state index is -0.816. The number of carbonyl (C=O) groups is 3. The highest BCUT2D eigenvalue weighted by atomic mass is 16.5. The number of hydrogen-bond donors (Lipinski definition) is 1. The molecule has 0 spiro atoms. The number of hydrogen-bond acceptors (Lipinski definition) is 5. The van der Waals surface area contributed by atoms with Crippen LogP contribution in [0.5, 0.6) is 0 Å². The van der Waals surface area contributed by atoms with Gasteiger partial charge in [-0.15, -0.1) is 0 Å². The van der Waals surface area contributed by atoms with E-state index in [2.05, 4.69) is 0 Å². The van der Waals surface area contributed by atoms with Crippen molar-refractivity contribution >= 4 is 23.3 Å². The number of nitrogens with zero attached hydrogens (tertiary/aromatic N) is 1. The fraction of sp³-hybridized carbons (Fsp3) is 0.207. The van der Waals surface area contributed by atoms with Crippen molar-refractivity contribution < 1.29 is 24.2 Å². The van der Waals surface area contributed by atoms with Crippen LogP contribution in [0.1, 0.15) is 47.8 Å². The molecule has 0 saturated heterocycles. The summed E-state index contributed by atoms with van der Waals surface area (Å²) in [6.07, 6.45) is 0.341. The second-order valence-corrected chi connectivity index (χ2v) is 8.66. The number of aliphatic hydroxyl groups excluding tert-OH is 1. The first-order valence-corrected chi connectivity index (χ1v) is 11.6. The number of ketones is 1. The van der Waals surface area contributed by atoms with Crippen molar-refractivity contribution in [2.75, 3.05) is 4.90 Å². The highest BCUT2D eigenvalue weighted by Crippen LogP contribution is 2.41. The van der Waals surface area contributed by atoms with Crippen molar-refractivity contribution in [3.63, 3.8) is 0 Å². The third-order valence-electron chi connectivity index (χ3n) is 5.81. The molecule has 1 heterocycles. The molecule has 0 aromatic heterocycles. The minimum absolute atomic E-state index is 0.0623. The lowest BCUT2D eigenvalue weighted by Crippen LogP contribution is -2.31. The van der Waals surface area contributed by atoms with Gasteiger partial charge in [0, 0.05) is 12.1 Å². The Hall–Kier alpha value is -4.19. The van der Waals surface area contributed by atoms with E-state index in [1.165, 1.54) is 4.90 Å². The molecule has 6 nitrogen and oxygen atoms in total. The third-order valence-corrected chi connectivity index (χ3v) is 5.81. The van der Waals surface area contributed by atoms with Gasteiger partial charge in [0.2, 0.25) is 0 Å². The van der Waals surface area contributed by atoms with Crippen LogP contribution in [0.4, 0.5) is 5.69 Å². The maximum absolute atomic E-state index is 13.4. The number of carbonyl (C=O) groups excluding carboxylic acids is 3. The summed E-state index contributed by atoms with van der Waals surface area (Å²) in [4.78, 5) is 40.5. The molecule has 0 bridgehead atoms. The Balaban J connectivity index is 1.70. The van der Waals surface area contributed by atoms with Gasteiger partial charge < -0.3 is 9.84 Å². The van der Waals surface area contributed by atoms with Crippen molar-refractivity contribution in [1.29, 1.82) is 0 Å². The summed E-state index contributed by atoms with van der Waals surface area (Å²) in [5.41, 5.74) is 2.41. The number of ether oxygens (including phenoxy) is 1. The number of benzene rings is 3. The van der Waals surface area contributed by atoms with Gasteiger partial charge >= 0.3 is 5.97 Å². The molecular formula is C29H27NO5. The highest BCUT2D eigenvalue weighted by Gasteiger charge is 2.44. The maximum Gasteiger partial charge on any atom is 0.338 e. The number of aryl methyl sites for hydroxylation is 1. The van der Waals surface area contributed by atoms with Crippen LogP contribution in [0, 0.1) is 0 Å². The van der Waals surface area contributed by atoms with E-state index < -0.39 is 23.7 Å². The first kappa shape index (κ1) is 24.0. The first-order chi connectivity index (χ1) is 16.9. The van der Waals surface area contributed by atoms with Crippen LogP contribution >= 0.6 is 0 Å². The van der Waals surface area contributed by atoms with Crippen LogP contribution < -0.4 is 4.90 Å². The van der Waals surface area contributed by atoms with Crippen LogP contribution in [0.15, 0.2) is 96.3 Å². The van der Waals surface area contributed by atoms with E-state index in [4.69, 9.17) is 4.74 Å². The molecule has 1 atom stereocenters. The van der Waals surface area contributed by atoms with Crippen molar-refractivity contribution in [2.45, 2.75) is 38.8 Å². The monoisotopic (exact) mass is 469 g/mol. The van der Waals surface area contributed by atoms with Crippen LogP contribution in [0.2, 0.25) is 0 Å². The minimum Gasteiger partial charge on any atom is -0.503 e. The molecule has 0 saturated carbocycles. The number of anilines is 1. The van der Waals surface area contributed by atoms with Crippen molar-refractivity contribution in [1.82, 2.24) is 0 Å². The molecule has 1 unspecified atom stereocenters. The van der Waals surface area contributed by atoms with Gasteiger partial charge in [-0.25, -0.2) is 4.79 Å². The summed E-state index contributed by atoms with van der Waals surface area (Å²) in [6.45, 7) is 3.51. The lowest BCUT2D eigenvalue weighted by atomic mass is 9.93. The van der Waals surface area contributed by atoms with Gasteiger partial charge in [0.05, 0.1) is 23.3 Å². The summed E-state index contributed by atoms with van der Waals surface area (Å²) in [5.74, 6) is -2.06. The summed E-state index contributed by atoms with van der Waals surface area (Å²) >= 11 is 0. The van der Waals surface area contributed by atoms with Crippen LogP contribution in [0.3, 0.4) is 0 Å². The predicted octanol–water partition coefficient (Wildman–Crippen LogP) is 5.35. The second-order valence-electron chi connectivity index (χ2n) is 8.66. The van der Waals surface area contributed by atoms with Crippen LogP contribution in [-0.4, -0.2) is 28.9 Å². The zero-order valence-corrected chi connectivity index (χ0v) is 19.7. The standard InChI is InChI=1S/C29H27NO5/c1-19(2)35-29(34)22-14-9-15-23(18-22)30-26(21-12-7-4-8-13-21)25(27(32)28(30)33)24(31)17-16-20-10-5-3-6-11-20/h3-15,18-19,26,32H,16-17H2,1-2H3. The molecule has 3 aromatic carbocycles. The van der Waals surface area contributed by atoms with E-state index in [1.807, 2.05) is 60.7 Å². The largest absolute Gasteiger partial charge is 0.503 e. The molecule has 35 heavy (non-hydrogen) atoms.